The summed E-state index contributed by atoms with van der Waals surface area (Å²) in [6.45, 7) is 3.12. The fraction of sp³-hybridized carbons (Fsp3) is 0.444. The third-order valence-electron chi connectivity index (χ3n) is 4.95. The molecule has 1 amide bonds. The highest BCUT2D eigenvalue weighted by Crippen LogP contribution is 2.52. The van der Waals surface area contributed by atoms with Crippen LogP contribution >= 0.6 is 0 Å². The Morgan fingerprint density at radius 2 is 2.17 bits per heavy atom. The number of esters is 1. The Kier molecular flexibility index (Phi) is 3.27. The molecule has 120 valence electrons. The summed E-state index contributed by atoms with van der Waals surface area (Å²) in [5, 5.41) is 0. The molecule has 4 rings (SSSR count). The van der Waals surface area contributed by atoms with Crippen molar-refractivity contribution < 1.29 is 19.1 Å². The number of rotatable bonds is 4. The molecule has 1 spiro atoms. The Bertz CT molecular complexity index is 671. The monoisotopic (exact) mass is 313 g/mol. The molecule has 4 atom stereocenters. The first-order chi connectivity index (χ1) is 11.1. The van der Waals surface area contributed by atoms with E-state index in [0.29, 0.717) is 19.7 Å². The minimum absolute atomic E-state index is 0.0150. The predicted octanol–water partition coefficient (Wildman–Crippen LogP) is 1.53. The van der Waals surface area contributed by atoms with Crippen molar-refractivity contribution in [1.29, 1.82) is 0 Å². The van der Waals surface area contributed by atoms with Crippen LogP contribution in [0.5, 0.6) is 0 Å². The fourth-order valence-corrected chi connectivity index (χ4v) is 4.02. The summed E-state index contributed by atoms with van der Waals surface area (Å²) in [6.07, 6.45) is 3.53. The topological polar surface area (TPSA) is 55.8 Å². The van der Waals surface area contributed by atoms with Crippen LogP contribution in [-0.2, 0) is 25.6 Å². The summed E-state index contributed by atoms with van der Waals surface area (Å²) in [5.41, 5.74) is 0.414. The van der Waals surface area contributed by atoms with E-state index in [1.807, 2.05) is 42.5 Å². The van der Waals surface area contributed by atoms with E-state index in [1.165, 1.54) is 0 Å². The molecule has 5 heteroatoms. The molecule has 0 aromatic heterocycles. The third kappa shape index (κ3) is 2.10. The summed E-state index contributed by atoms with van der Waals surface area (Å²) < 4.78 is 11.2. The van der Waals surface area contributed by atoms with Crippen LogP contribution in [0.1, 0.15) is 12.5 Å². The number of benzene rings is 1. The molecule has 3 aliphatic rings. The van der Waals surface area contributed by atoms with Gasteiger partial charge in [-0.1, -0.05) is 42.5 Å². The lowest BCUT2D eigenvalue weighted by Gasteiger charge is -2.22. The summed E-state index contributed by atoms with van der Waals surface area (Å²) in [5.74, 6) is -1.32. The summed E-state index contributed by atoms with van der Waals surface area (Å²) in [4.78, 5) is 27.0. The molecule has 1 aromatic carbocycles. The zero-order chi connectivity index (χ0) is 16.0. The van der Waals surface area contributed by atoms with Crippen LogP contribution in [0, 0.1) is 11.8 Å². The van der Waals surface area contributed by atoms with Gasteiger partial charge in [0.2, 0.25) is 5.91 Å². The lowest BCUT2D eigenvalue weighted by Crippen LogP contribution is -2.39. The molecule has 3 aliphatic heterocycles. The number of ether oxygens (including phenoxy) is 2. The Balaban J connectivity index is 1.60. The van der Waals surface area contributed by atoms with Gasteiger partial charge in [-0.15, -0.1) is 0 Å². The second kappa shape index (κ2) is 5.20. The summed E-state index contributed by atoms with van der Waals surface area (Å²) in [7, 11) is 0. The van der Waals surface area contributed by atoms with Crippen LogP contribution < -0.4 is 0 Å². The van der Waals surface area contributed by atoms with Gasteiger partial charge in [0.05, 0.1) is 25.2 Å². The number of amides is 1. The van der Waals surface area contributed by atoms with Gasteiger partial charge >= 0.3 is 5.97 Å². The maximum atomic E-state index is 12.9. The number of nitrogens with zero attached hydrogens (tertiary/aromatic N) is 1. The minimum atomic E-state index is -0.659. The molecule has 0 radical (unpaired) electrons. The van der Waals surface area contributed by atoms with E-state index < -0.39 is 17.4 Å². The van der Waals surface area contributed by atoms with Gasteiger partial charge in [-0.2, -0.15) is 0 Å². The fourth-order valence-electron chi connectivity index (χ4n) is 4.02. The van der Waals surface area contributed by atoms with Crippen molar-refractivity contribution in [2.45, 2.75) is 25.2 Å². The Morgan fingerprint density at radius 3 is 2.91 bits per heavy atom. The SMILES string of the molecule is CCOC(=O)[C@@H]1[C@H]2C(=O)N(Cc3ccccc3)C[C@@]23C=C[C@H]1O3. The lowest BCUT2D eigenvalue weighted by molar-refractivity contribution is -0.153. The quantitative estimate of drug-likeness (QED) is 0.625. The van der Waals surface area contributed by atoms with Crippen LogP contribution in [-0.4, -0.2) is 41.6 Å². The summed E-state index contributed by atoms with van der Waals surface area (Å²) in [6, 6.07) is 9.86. The van der Waals surface area contributed by atoms with Crippen molar-refractivity contribution in [1.82, 2.24) is 4.90 Å². The molecule has 0 saturated carbocycles. The normalized spacial score (nSPS) is 34.0. The molecule has 1 aromatic rings. The maximum Gasteiger partial charge on any atom is 0.312 e. The number of carbonyl (C=O) groups is 2. The first-order valence-electron chi connectivity index (χ1n) is 8.01. The van der Waals surface area contributed by atoms with E-state index in [4.69, 9.17) is 9.47 Å². The zero-order valence-electron chi connectivity index (χ0n) is 13.0. The maximum absolute atomic E-state index is 12.9. The third-order valence-corrected chi connectivity index (χ3v) is 4.95. The van der Waals surface area contributed by atoms with Crippen LogP contribution in [0.3, 0.4) is 0 Å². The van der Waals surface area contributed by atoms with Gasteiger partial charge in [0.1, 0.15) is 11.5 Å². The number of hydrogen-bond acceptors (Lipinski definition) is 4. The molecule has 0 aliphatic carbocycles. The van der Waals surface area contributed by atoms with Gasteiger partial charge in [-0.3, -0.25) is 9.59 Å². The minimum Gasteiger partial charge on any atom is -0.466 e. The second-order valence-corrected chi connectivity index (χ2v) is 6.33. The Morgan fingerprint density at radius 1 is 1.39 bits per heavy atom. The van der Waals surface area contributed by atoms with Crippen molar-refractivity contribution in [3.8, 4) is 0 Å². The van der Waals surface area contributed by atoms with Crippen molar-refractivity contribution >= 4 is 11.9 Å². The van der Waals surface area contributed by atoms with Gasteiger partial charge in [-0.05, 0) is 12.5 Å². The first-order valence-corrected chi connectivity index (χ1v) is 8.01. The number of carbonyl (C=O) groups excluding carboxylic acids is 2. The zero-order valence-corrected chi connectivity index (χ0v) is 13.0. The predicted molar refractivity (Wildman–Crippen MR) is 82.2 cm³/mol. The van der Waals surface area contributed by atoms with Gasteiger partial charge in [0.25, 0.3) is 0 Å². The largest absolute Gasteiger partial charge is 0.466 e. The lowest BCUT2D eigenvalue weighted by atomic mass is 9.77. The van der Waals surface area contributed by atoms with E-state index >= 15 is 0 Å². The van der Waals surface area contributed by atoms with E-state index in [9.17, 15) is 9.59 Å². The van der Waals surface area contributed by atoms with Gasteiger partial charge in [0, 0.05) is 6.54 Å². The smallest absolute Gasteiger partial charge is 0.312 e. The number of likely N-dealkylation sites (tertiary alicyclic amines) is 1. The molecule has 5 nitrogen and oxygen atoms in total. The average molecular weight is 313 g/mol. The van der Waals surface area contributed by atoms with E-state index in [1.54, 1.807) is 11.8 Å². The van der Waals surface area contributed by atoms with E-state index in [0.717, 1.165) is 5.56 Å². The van der Waals surface area contributed by atoms with Crippen molar-refractivity contribution in [3.05, 3.63) is 48.0 Å². The molecule has 0 N–H and O–H groups in total. The molecule has 3 heterocycles. The molecule has 2 fully saturated rings. The van der Waals surface area contributed by atoms with E-state index in [2.05, 4.69) is 0 Å². The van der Waals surface area contributed by atoms with Crippen LogP contribution in [0.15, 0.2) is 42.5 Å². The van der Waals surface area contributed by atoms with Gasteiger partial charge in [-0.25, -0.2) is 0 Å². The molecule has 2 saturated heterocycles. The van der Waals surface area contributed by atoms with E-state index in [-0.39, 0.29) is 18.0 Å². The molecular weight excluding hydrogens is 294 g/mol. The van der Waals surface area contributed by atoms with Gasteiger partial charge in [0.15, 0.2) is 0 Å². The average Bonchev–Trinajstić information content (AvgIpc) is 3.17. The molecular formula is C18H19NO4. The van der Waals surface area contributed by atoms with Crippen molar-refractivity contribution in [2.75, 3.05) is 13.2 Å². The molecule has 2 bridgehead atoms. The number of fused-ring (bicyclic) bond motifs is 1. The van der Waals surface area contributed by atoms with Crippen molar-refractivity contribution in [2.24, 2.45) is 11.8 Å². The van der Waals surface area contributed by atoms with Crippen molar-refractivity contribution in [3.63, 3.8) is 0 Å². The highest BCUT2D eigenvalue weighted by Gasteiger charge is 2.67. The highest BCUT2D eigenvalue weighted by molar-refractivity contribution is 5.91. The summed E-state index contributed by atoms with van der Waals surface area (Å²) >= 11 is 0. The second-order valence-electron chi connectivity index (χ2n) is 6.33. The Labute approximate surface area is 134 Å². The van der Waals surface area contributed by atoms with Crippen LogP contribution in [0.2, 0.25) is 0 Å². The standard InChI is InChI=1S/C18H19NO4/c1-2-22-17(21)14-13-8-9-18(23-13)11-19(16(20)15(14)18)10-12-6-4-3-5-7-12/h3-9,13-15H,2,10-11H2,1H3/t13-,14+,15+,18+/m1/s1. The Hall–Kier alpha value is -2.14. The highest BCUT2D eigenvalue weighted by atomic mass is 16.6. The van der Waals surface area contributed by atoms with Gasteiger partial charge < -0.3 is 14.4 Å². The van der Waals surface area contributed by atoms with Crippen LogP contribution in [0.25, 0.3) is 0 Å². The number of hydrogen-bond donors (Lipinski definition) is 0. The molecule has 0 unspecified atom stereocenters. The molecule has 23 heavy (non-hydrogen) atoms. The first kappa shape index (κ1) is 14.5. The van der Waals surface area contributed by atoms with Crippen LogP contribution in [0.4, 0.5) is 0 Å².